The monoisotopic (exact) mass is 241 g/mol. The zero-order valence-electron chi connectivity index (χ0n) is 11.1. The second kappa shape index (κ2) is 6.62. The molecule has 0 bridgehead atoms. The van der Waals surface area contributed by atoms with Crippen molar-refractivity contribution in [1.29, 1.82) is 0 Å². The Kier molecular flexibility index (Phi) is 5.45. The van der Waals surface area contributed by atoms with E-state index in [1.54, 1.807) is 0 Å². The molecule has 0 aromatic heterocycles. The van der Waals surface area contributed by atoms with Crippen LogP contribution in [-0.2, 0) is 14.3 Å². The van der Waals surface area contributed by atoms with Gasteiger partial charge in [0.1, 0.15) is 0 Å². The number of piperidine rings is 1. The van der Waals surface area contributed by atoms with Crippen LogP contribution in [0.4, 0.5) is 0 Å². The first kappa shape index (κ1) is 14.0. The Labute approximate surface area is 103 Å². The Balaban J connectivity index is 2.35. The van der Waals surface area contributed by atoms with Crippen LogP contribution in [0.5, 0.6) is 0 Å². The van der Waals surface area contributed by atoms with Gasteiger partial charge in [0.2, 0.25) is 5.91 Å². The maximum atomic E-state index is 11.8. The highest BCUT2D eigenvalue weighted by atomic mass is 16.5. The van der Waals surface area contributed by atoms with Crippen molar-refractivity contribution in [2.75, 3.05) is 19.7 Å². The molecule has 0 aromatic carbocycles. The molecule has 1 aliphatic rings. The highest BCUT2D eigenvalue weighted by Gasteiger charge is 2.28. The van der Waals surface area contributed by atoms with Crippen LogP contribution in [0.25, 0.3) is 0 Å². The quantitative estimate of drug-likeness (QED) is 0.705. The van der Waals surface area contributed by atoms with Crippen molar-refractivity contribution in [3.8, 4) is 0 Å². The fourth-order valence-corrected chi connectivity index (χ4v) is 2.02. The van der Waals surface area contributed by atoms with E-state index in [1.807, 2.05) is 25.7 Å². The van der Waals surface area contributed by atoms with Gasteiger partial charge in [0.25, 0.3) is 0 Å². The van der Waals surface area contributed by atoms with Crippen molar-refractivity contribution in [1.82, 2.24) is 4.90 Å². The number of carbonyl (C=O) groups is 2. The first-order valence-electron chi connectivity index (χ1n) is 6.51. The molecule has 0 aromatic rings. The number of rotatable bonds is 4. The summed E-state index contributed by atoms with van der Waals surface area (Å²) in [7, 11) is 0. The summed E-state index contributed by atoms with van der Waals surface area (Å²) in [5, 5.41) is 0. The van der Waals surface area contributed by atoms with Gasteiger partial charge >= 0.3 is 5.97 Å². The molecule has 1 heterocycles. The Morgan fingerprint density at radius 1 is 1.29 bits per heavy atom. The third-order valence-electron chi connectivity index (χ3n) is 3.08. The molecule has 0 spiro atoms. The molecule has 4 heteroatoms. The Bertz CT molecular complexity index is 268. The average Bonchev–Trinajstić information content (AvgIpc) is 2.35. The summed E-state index contributed by atoms with van der Waals surface area (Å²) in [6, 6.07) is 0. The Morgan fingerprint density at radius 2 is 1.88 bits per heavy atom. The number of hydrogen-bond acceptors (Lipinski definition) is 3. The molecule has 1 aliphatic heterocycles. The van der Waals surface area contributed by atoms with Crippen molar-refractivity contribution in [3.05, 3.63) is 0 Å². The van der Waals surface area contributed by atoms with Gasteiger partial charge in [-0.3, -0.25) is 9.59 Å². The van der Waals surface area contributed by atoms with E-state index in [-0.39, 0.29) is 23.7 Å². The number of nitrogens with zero attached hydrogens (tertiary/aromatic N) is 1. The molecule has 1 saturated heterocycles. The number of hydrogen-bond donors (Lipinski definition) is 0. The van der Waals surface area contributed by atoms with Gasteiger partial charge in [0.15, 0.2) is 0 Å². The standard InChI is InChI=1S/C13H23NO3/c1-4-9-17-13(16)11-5-7-14(8-6-11)12(15)10(2)3/h10-11H,4-9H2,1-3H3. The summed E-state index contributed by atoms with van der Waals surface area (Å²) in [5.74, 6) is 0.116. The summed E-state index contributed by atoms with van der Waals surface area (Å²) in [5.41, 5.74) is 0. The lowest BCUT2D eigenvalue weighted by atomic mass is 9.96. The highest BCUT2D eigenvalue weighted by Crippen LogP contribution is 2.20. The molecule has 98 valence electrons. The maximum absolute atomic E-state index is 11.8. The van der Waals surface area contributed by atoms with Gasteiger partial charge in [-0.05, 0) is 19.3 Å². The second-order valence-corrected chi connectivity index (χ2v) is 4.92. The summed E-state index contributed by atoms with van der Waals surface area (Å²) in [6.45, 7) is 7.67. The lowest BCUT2D eigenvalue weighted by molar-refractivity contribution is -0.152. The number of esters is 1. The molecule has 1 fully saturated rings. The molecule has 17 heavy (non-hydrogen) atoms. The predicted molar refractivity (Wildman–Crippen MR) is 65.4 cm³/mol. The summed E-state index contributed by atoms with van der Waals surface area (Å²) < 4.78 is 5.13. The summed E-state index contributed by atoms with van der Waals surface area (Å²) in [4.78, 5) is 25.3. The van der Waals surface area contributed by atoms with Crippen molar-refractivity contribution < 1.29 is 14.3 Å². The van der Waals surface area contributed by atoms with Crippen molar-refractivity contribution in [3.63, 3.8) is 0 Å². The predicted octanol–water partition coefficient (Wildman–Crippen LogP) is 1.83. The number of ether oxygens (including phenoxy) is 1. The smallest absolute Gasteiger partial charge is 0.309 e. The number of amides is 1. The van der Waals surface area contributed by atoms with Gasteiger partial charge in [-0.15, -0.1) is 0 Å². The molecule has 1 rings (SSSR count). The summed E-state index contributed by atoms with van der Waals surface area (Å²) in [6.07, 6.45) is 2.33. The average molecular weight is 241 g/mol. The van der Waals surface area contributed by atoms with E-state index in [0.29, 0.717) is 19.7 Å². The Hall–Kier alpha value is -1.06. The minimum atomic E-state index is -0.0940. The first-order chi connectivity index (χ1) is 8.06. The van der Waals surface area contributed by atoms with Gasteiger partial charge in [-0.25, -0.2) is 0 Å². The van der Waals surface area contributed by atoms with Crippen LogP contribution >= 0.6 is 0 Å². The van der Waals surface area contributed by atoms with E-state index >= 15 is 0 Å². The van der Waals surface area contributed by atoms with Crippen LogP contribution in [0, 0.1) is 11.8 Å². The third-order valence-corrected chi connectivity index (χ3v) is 3.08. The molecule has 0 unspecified atom stereocenters. The Morgan fingerprint density at radius 3 is 2.35 bits per heavy atom. The van der Waals surface area contributed by atoms with Gasteiger partial charge in [0.05, 0.1) is 12.5 Å². The van der Waals surface area contributed by atoms with Gasteiger partial charge < -0.3 is 9.64 Å². The van der Waals surface area contributed by atoms with Crippen molar-refractivity contribution >= 4 is 11.9 Å². The minimum Gasteiger partial charge on any atom is -0.465 e. The molecule has 4 nitrogen and oxygen atoms in total. The fourth-order valence-electron chi connectivity index (χ4n) is 2.02. The van der Waals surface area contributed by atoms with Crippen molar-refractivity contribution in [2.45, 2.75) is 40.0 Å². The van der Waals surface area contributed by atoms with Crippen LogP contribution in [-0.4, -0.2) is 36.5 Å². The molecule has 0 aliphatic carbocycles. The van der Waals surface area contributed by atoms with Gasteiger partial charge in [-0.2, -0.15) is 0 Å². The SMILES string of the molecule is CCCOC(=O)C1CCN(C(=O)C(C)C)CC1. The summed E-state index contributed by atoms with van der Waals surface area (Å²) >= 11 is 0. The topological polar surface area (TPSA) is 46.6 Å². The second-order valence-electron chi connectivity index (χ2n) is 4.92. The first-order valence-corrected chi connectivity index (χ1v) is 6.51. The van der Waals surface area contributed by atoms with Gasteiger partial charge in [-0.1, -0.05) is 20.8 Å². The van der Waals surface area contributed by atoms with Crippen LogP contribution in [0.1, 0.15) is 40.0 Å². The molecule has 1 amide bonds. The van der Waals surface area contributed by atoms with Gasteiger partial charge in [0, 0.05) is 19.0 Å². The molecule has 0 saturated carbocycles. The normalized spacial score (nSPS) is 17.3. The molecule has 0 radical (unpaired) electrons. The van der Waals surface area contributed by atoms with E-state index in [9.17, 15) is 9.59 Å². The lowest BCUT2D eigenvalue weighted by Gasteiger charge is -2.32. The number of carbonyl (C=O) groups excluding carboxylic acids is 2. The van der Waals surface area contributed by atoms with E-state index < -0.39 is 0 Å². The third kappa shape index (κ3) is 4.02. The van der Waals surface area contributed by atoms with E-state index in [4.69, 9.17) is 4.74 Å². The zero-order valence-corrected chi connectivity index (χ0v) is 11.1. The van der Waals surface area contributed by atoms with Crippen LogP contribution in [0.15, 0.2) is 0 Å². The fraction of sp³-hybridized carbons (Fsp3) is 0.846. The van der Waals surface area contributed by atoms with Crippen LogP contribution in [0.2, 0.25) is 0 Å². The largest absolute Gasteiger partial charge is 0.465 e. The lowest BCUT2D eigenvalue weighted by Crippen LogP contribution is -2.42. The minimum absolute atomic E-state index is 0.0160. The van der Waals surface area contributed by atoms with E-state index in [1.165, 1.54) is 0 Å². The molecule has 0 atom stereocenters. The molecule has 0 N–H and O–H groups in total. The maximum Gasteiger partial charge on any atom is 0.309 e. The van der Waals surface area contributed by atoms with Crippen LogP contribution < -0.4 is 0 Å². The number of likely N-dealkylation sites (tertiary alicyclic amines) is 1. The zero-order chi connectivity index (χ0) is 12.8. The highest BCUT2D eigenvalue weighted by molar-refractivity contribution is 5.79. The molecular formula is C13H23NO3. The molecular weight excluding hydrogens is 218 g/mol. The van der Waals surface area contributed by atoms with E-state index in [2.05, 4.69) is 0 Å². The van der Waals surface area contributed by atoms with Crippen LogP contribution in [0.3, 0.4) is 0 Å². The van der Waals surface area contributed by atoms with E-state index in [0.717, 1.165) is 19.3 Å². The van der Waals surface area contributed by atoms with Crippen molar-refractivity contribution in [2.24, 2.45) is 11.8 Å².